The normalized spacial score (nSPS) is 11.1. The highest BCUT2D eigenvalue weighted by Crippen LogP contribution is 2.23. The molecule has 124 valence electrons. The van der Waals surface area contributed by atoms with Crippen molar-refractivity contribution in [3.8, 4) is 11.4 Å². The fourth-order valence-corrected chi connectivity index (χ4v) is 3.38. The maximum atomic E-state index is 13.1. The van der Waals surface area contributed by atoms with E-state index in [1.54, 1.807) is 28.4 Å². The summed E-state index contributed by atoms with van der Waals surface area (Å²) in [5, 5.41) is 13.8. The predicted octanol–water partition coefficient (Wildman–Crippen LogP) is 4.53. The average molecular weight is 350 g/mol. The van der Waals surface area contributed by atoms with Crippen LogP contribution >= 0.6 is 11.8 Å². The van der Waals surface area contributed by atoms with Crippen molar-refractivity contribution < 1.29 is 4.39 Å². The van der Waals surface area contributed by atoms with E-state index in [9.17, 15) is 4.39 Å². The molecule has 0 aliphatic carbocycles. The van der Waals surface area contributed by atoms with Crippen LogP contribution in [-0.2, 0) is 5.75 Å². The Hall–Kier alpha value is -2.73. The van der Waals surface area contributed by atoms with Crippen molar-refractivity contribution in [2.75, 3.05) is 0 Å². The second-order valence-corrected chi connectivity index (χ2v) is 6.75. The highest BCUT2D eigenvalue weighted by molar-refractivity contribution is 7.98. The third-order valence-electron chi connectivity index (χ3n) is 3.81. The summed E-state index contributed by atoms with van der Waals surface area (Å²) in [6, 6.07) is 18.5. The van der Waals surface area contributed by atoms with E-state index >= 15 is 0 Å². The van der Waals surface area contributed by atoms with Crippen LogP contribution in [0.2, 0.25) is 0 Å². The number of halogens is 1. The molecule has 6 heteroatoms. The van der Waals surface area contributed by atoms with Gasteiger partial charge in [0.1, 0.15) is 10.8 Å². The molecule has 0 amide bonds. The number of aryl methyl sites for hydroxylation is 1. The highest BCUT2D eigenvalue weighted by Gasteiger charge is 2.10. The van der Waals surface area contributed by atoms with Gasteiger partial charge in [0.2, 0.25) is 0 Å². The van der Waals surface area contributed by atoms with E-state index in [4.69, 9.17) is 0 Å². The number of aromatic nitrogens is 4. The fourth-order valence-electron chi connectivity index (χ4n) is 2.59. The first-order valence-electron chi connectivity index (χ1n) is 7.86. The van der Waals surface area contributed by atoms with E-state index in [1.165, 1.54) is 23.3 Å². The molecular weight excluding hydrogens is 335 g/mol. The second kappa shape index (κ2) is 6.64. The predicted molar refractivity (Wildman–Crippen MR) is 96.9 cm³/mol. The van der Waals surface area contributed by atoms with Crippen LogP contribution in [0, 0.1) is 12.7 Å². The molecule has 0 saturated carbocycles. The number of hydrogen-bond donors (Lipinski definition) is 0. The third kappa shape index (κ3) is 3.39. The molecule has 4 rings (SSSR count). The van der Waals surface area contributed by atoms with Gasteiger partial charge >= 0.3 is 0 Å². The lowest BCUT2D eigenvalue weighted by Gasteiger charge is -2.04. The highest BCUT2D eigenvalue weighted by atomic mass is 32.2. The van der Waals surface area contributed by atoms with Crippen molar-refractivity contribution in [3.63, 3.8) is 0 Å². The maximum Gasteiger partial charge on any atom is 0.185 e. The average Bonchev–Trinajstić information content (AvgIpc) is 3.04. The Balaban J connectivity index is 1.63. The summed E-state index contributed by atoms with van der Waals surface area (Å²) in [5.74, 6) is 1.17. The van der Waals surface area contributed by atoms with Crippen LogP contribution in [0.1, 0.15) is 11.1 Å². The molecule has 0 atom stereocenters. The molecule has 0 saturated heterocycles. The van der Waals surface area contributed by atoms with Crippen LogP contribution in [0.15, 0.2) is 65.7 Å². The minimum Gasteiger partial charge on any atom is -0.207 e. The number of nitrogens with zero attached hydrogens (tertiary/aromatic N) is 4. The SMILES string of the molecule is Cc1cccc(CSc2ccc3nnc(-c4ccc(F)cc4)n3n2)c1. The molecule has 0 fully saturated rings. The monoisotopic (exact) mass is 350 g/mol. The number of hydrogen-bond acceptors (Lipinski definition) is 4. The van der Waals surface area contributed by atoms with Crippen LogP contribution in [0.4, 0.5) is 4.39 Å². The lowest BCUT2D eigenvalue weighted by Crippen LogP contribution is -1.96. The molecule has 4 nitrogen and oxygen atoms in total. The Labute approximate surface area is 148 Å². The summed E-state index contributed by atoms with van der Waals surface area (Å²) < 4.78 is 14.8. The Morgan fingerprint density at radius 3 is 2.64 bits per heavy atom. The summed E-state index contributed by atoms with van der Waals surface area (Å²) in [6.07, 6.45) is 0. The van der Waals surface area contributed by atoms with Gasteiger partial charge in [-0.3, -0.25) is 0 Å². The molecule has 25 heavy (non-hydrogen) atoms. The zero-order chi connectivity index (χ0) is 17.2. The van der Waals surface area contributed by atoms with Crippen molar-refractivity contribution in [2.45, 2.75) is 17.7 Å². The summed E-state index contributed by atoms with van der Waals surface area (Å²) in [7, 11) is 0. The second-order valence-electron chi connectivity index (χ2n) is 5.75. The van der Waals surface area contributed by atoms with Gasteiger partial charge in [0.25, 0.3) is 0 Å². The van der Waals surface area contributed by atoms with Crippen LogP contribution in [-0.4, -0.2) is 19.8 Å². The molecule has 4 aromatic rings. The molecule has 0 N–H and O–H groups in total. The summed E-state index contributed by atoms with van der Waals surface area (Å²) in [5.41, 5.74) is 3.95. The van der Waals surface area contributed by atoms with Crippen molar-refractivity contribution in [3.05, 3.63) is 77.6 Å². The van der Waals surface area contributed by atoms with E-state index in [0.29, 0.717) is 11.5 Å². The molecule has 0 aliphatic rings. The summed E-state index contributed by atoms with van der Waals surface area (Å²) >= 11 is 1.66. The first-order valence-corrected chi connectivity index (χ1v) is 8.84. The minimum absolute atomic E-state index is 0.278. The van der Waals surface area contributed by atoms with Gasteiger partial charge in [-0.05, 0) is 48.9 Å². The molecule has 2 aromatic heterocycles. The zero-order valence-electron chi connectivity index (χ0n) is 13.6. The van der Waals surface area contributed by atoms with Crippen LogP contribution < -0.4 is 0 Å². The van der Waals surface area contributed by atoms with E-state index < -0.39 is 0 Å². The van der Waals surface area contributed by atoms with Crippen molar-refractivity contribution in [1.82, 2.24) is 19.8 Å². The van der Waals surface area contributed by atoms with E-state index in [0.717, 1.165) is 16.3 Å². The van der Waals surface area contributed by atoms with Gasteiger partial charge in [-0.15, -0.1) is 10.2 Å². The van der Waals surface area contributed by atoms with Gasteiger partial charge in [0.15, 0.2) is 11.5 Å². The number of rotatable bonds is 4. The summed E-state index contributed by atoms with van der Waals surface area (Å²) in [4.78, 5) is 0. The number of benzene rings is 2. The Morgan fingerprint density at radius 2 is 1.84 bits per heavy atom. The van der Waals surface area contributed by atoms with Gasteiger partial charge in [-0.2, -0.15) is 9.61 Å². The fraction of sp³-hybridized carbons (Fsp3) is 0.105. The van der Waals surface area contributed by atoms with Crippen molar-refractivity contribution in [1.29, 1.82) is 0 Å². The van der Waals surface area contributed by atoms with Gasteiger partial charge < -0.3 is 0 Å². The molecular formula is C19H15FN4S. The first kappa shape index (κ1) is 15.8. The molecule has 0 bridgehead atoms. The number of fused-ring (bicyclic) bond motifs is 1. The Kier molecular flexibility index (Phi) is 4.19. The third-order valence-corrected chi connectivity index (χ3v) is 4.80. The first-order chi connectivity index (χ1) is 12.2. The van der Waals surface area contributed by atoms with E-state index in [1.807, 2.05) is 12.1 Å². The van der Waals surface area contributed by atoms with Gasteiger partial charge in [-0.25, -0.2) is 4.39 Å². The lowest BCUT2D eigenvalue weighted by atomic mass is 10.2. The molecule has 0 radical (unpaired) electrons. The van der Waals surface area contributed by atoms with Gasteiger partial charge in [-0.1, -0.05) is 41.6 Å². The standard InChI is InChI=1S/C19H15FN4S/c1-13-3-2-4-14(11-13)12-25-18-10-9-17-21-22-19(24(17)23-18)15-5-7-16(20)8-6-15/h2-11H,12H2,1H3. The maximum absolute atomic E-state index is 13.1. The van der Waals surface area contributed by atoms with Gasteiger partial charge in [0, 0.05) is 11.3 Å². The van der Waals surface area contributed by atoms with Crippen molar-refractivity contribution >= 4 is 17.4 Å². The smallest absolute Gasteiger partial charge is 0.185 e. The van der Waals surface area contributed by atoms with Crippen LogP contribution in [0.3, 0.4) is 0 Å². The summed E-state index contributed by atoms with van der Waals surface area (Å²) in [6.45, 7) is 2.09. The zero-order valence-corrected chi connectivity index (χ0v) is 14.4. The lowest BCUT2D eigenvalue weighted by molar-refractivity contribution is 0.628. The van der Waals surface area contributed by atoms with Gasteiger partial charge in [0.05, 0.1) is 0 Å². The van der Waals surface area contributed by atoms with E-state index in [2.05, 4.69) is 46.5 Å². The molecule has 2 heterocycles. The molecule has 0 spiro atoms. The Morgan fingerprint density at radius 1 is 1.00 bits per heavy atom. The minimum atomic E-state index is -0.278. The molecule has 0 unspecified atom stereocenters. The van der Waals surface area contributed by atoms with E-state index in [-0.39, 0.29) is 5.82 Å². The topological polar surface area (TPSA) is 43.1 Å². The number of thioether (sulfide) groups is 1. The van der Waals surface area contributed by atoms with Crippen LogP contribution in [0.25, 0.3) is 17.0 Å². The van der Waals surface area contributed by atoms with Crippen molar-refractivity contribution in [2.24, 2.45) is 0 Å². The van der Waals surface area contributed by atoms with Crippen LogP contribution in [0.5, 0.6) is 0 Å². The molecule has 2 aromatic carbocycles. The quantitative estimate of drug-likeness (QED) is 0.507. The molecule has 0 aliphatic heterocycles. The largest absolute Gasteiger partial charge is 0.207 e. The Bertz CT molecular complexity index is 1030.